The minimum Gasteiger partial charge on any atom is -0.352 e. The molecule has 0 saturated heterocycles. The first-order valence-corrected chi connectivity index (χ1v) is 8.66. The fourth-order valence-electron chi connectivity index (χ4n) is 1.68. The van der Waals surface area contributed by atoms with Gasteiger partial charge in [-0.15, -0.1) is 0 Å². The zero-order valence-corrected chi connectivity index (χ0v) is 13.9. The topological polar surface area (TPSA) is 89.3 Å². The summed E-state index contributed by atoms with van der Waals surface area (Å²) < 4.78 is 23.1. The minimum atomic E-state index is -3.85. The van der Waals surface area contributed by atoms with Crippen molar-refractivity contribution in [3.63, 3.8) is 0 Å². The smallest absolute Gasteiger partial charge is 0.251 e. The lowest BCUT2D eigenvalue weighted by atomic mass is 10.1. The van der Waals surface area contributed by atoms with E-state index in [0.717, 1.165) is 12.8 Å². The molecule has 0 unspecified atom stereocenters. The molecule has 1 aromatic carbocycles. The van der Waals surface area contributed by atoms with Crippen molar-refractivity contribution in [2.24, 2.45) is 11.1 Å². The number of carbonyl (C=O) groups excluding carboxylic acids is 1. The largest absolute Gasteiger partial charge is 0.352 e. The highest BCUT2D eigenvalue weighted by Gasteiger charge is 2.15. The number of hydrogen-bond donors (Lipinski definition) is 2. The number of nitrogens with one attached hydrogen (secondary N) is 1. The molecule has 0 atom stereocenters. The maximum Gasteiger partial charge on any atom is 0.251 e. The number of carbonyl (C=O) groups is 1. The van der Waals surface area contributed by atoms with Gasteiger partial charge in [0.25, 0.3) is 5.91 Å². The average molecular weight is 363 g/mol. The molecule has 1 aromatic rings. The van der Waals surface area contributed by atoms with E-state index in [1.807, 2.05) is 0 Å². The summed E-state index contributed by atoms with van der Waals surface area (Å²) in [4.78, 5) is 11.8. The SMILES string of the molecule is CC(C)CCCNC(=O)c1ccc(Br)c(S(N)(=O)=O)c1. The molecule has 0 radical (unpaired) electrons. The van der Waals surface area contributed by atoms with Crippen LogP contribution in [0.4, 0.5) is 0 Å². The Kier molecular flexibility index (Phi) is 6.16. The van der Waals surface area contributed by atoms with E-state index in [1.54, 1.807) is 6.07 Å². The van der Waals surface area contributed by atoms with Crippen molar-refractivity contribution in [1.82, 2.24) is 5.32 Å². The van der Waals surface area contributed by atoms with Gasteiger partial charge in [-0.2, -0.15) is 0 Å². The summed E-state index contributed by atoms with van der Waals surface area (Å²) in [7, 11) is -3.85. The molecule has 0 fully saturated rings. The third-order valence-electron chi connectivity index (χ3n) is 2.74. The van der Waals surface area contributed by atoms with Crippen LogP contribution in [-0.2, 0) is 10.0 Å². The number of nitrogens with two attached hydrogens (primary N) is 1. The first-order valence-electron chi connectivity index (χ1n) is 6.32. The highest BCUT2D eigenvalue weighted by molar-refractivity contribution is 9.10. The van der Waals surface area contributed by atoms with E-state index in [2.05, 4.69) is 35.1 Å². The quantitative estimate of drug-likeness (QED) is 0.760. The van der Waals surface area contributed by atoms with Crippen LogP contribution in [0.5, 0.6) is 0 Å². The lowest BCUT2D eigenvalue weighted by molar-refractivity contribution is 0.0952. The normalized spacial score (nSPS) is 11.7. The number of hydrogen-bond acceptors (Lipinski definition) is 3. The molecular weight excluding hydrogens is 344 g/mol. The van der Waals surface area contributed by atoms with Crippen LogP contribution >= 0.6 is 15.9 Å². The van der Waals surface area contributed by atoms with E-state index in [9.17, 15) is 13.2 Å². The van der Waals surface area contributed by atoms with Crippen molar-refractivity contribution in [2.75, 3.05) is 6.54 Å². The summed E-state index contributed by atoms with van der Waals surface area (Å²) in [5, 5.41) is 7.85. The Hall–Kier alpha value is -0.920. The standard InChI is InChI=1S/C13H19BrN2O3S/c1-9(2)4-3-7-16-13(17)10-5-6-11(14)12(8-10)20(15,18)19/h5-6,8-9H,3-4,7H2,1-2H3,(H,16,17)(H2,15,18,19). The molecule has 112 valence electrons. The van der Waals surface area contributed by atoms with E-state index in [4.69, 9.17) is 5.14 Å². The van der Waals surface area contributed by atoms with Gasteiger partial charge in [0, 0.05) is 16.6 Å². The fourth-order valence-corrected chi connectivity index (χ4v) is 3.23. The van der Waals surface area contributed by atoms with E-state index in [-0.39, 0.29) is 16.4 Å². The van der Waals surface area contributed by atoms with Gasteiger partial charge in [-0.05, 0) is 52.9 Å². The van der Waals surface area contributed by atoms with E-state index in [0.29, 0.717) is 16.9 Å². The first-order chi connectivity index (χ1) is 9.21. The number of sulfonamides is 1. The number of amides is 1. The monoisotopic (exact) mass is 362 g/mol. The van der Waals surface area contributed by atoms with Crippen molar-refractivity contribution in [2.45, 2.75) is 31.6 Å². The summed E-state index contributed by atoms with van der Waals surface area (Å²) in [5.74, 6) is 0.291. The van der Waals surface area contributed by atoms with Crippen LogP contribution in [0.15, 0.2) is 27.6 Å². The van der Waals surface area contributed by atoms with Crippen LogP contribution in [0.25, 0.3) is 0 Å². The number of primary sulfonamides is 1. The van der Waals surface area contributed by atoms with Gasteiger partial charge in [0.1, 0.15) is 0 Å². The van der Waals surface area contributed by atoms with Gasteiger partial charge >= 0.3 is 0 Å². The average Bonchev–Trinajstić information content (AvgIpc) is 2.33. The summed E-state index contributed by atoms with van der Waals surface area (Å²) >= 11 is 3.10. The summed E-state index contributed by atoms with van der Waals surface area (Å²) in [6.45, 7) is 4.81. The fraction of sp³-hybridized carbons (Fsp3) is 0.462. The number of rotatable bonds is 6. The molecule has 0 bridgehead atoms. The van der Waals surface area contributed by atoms with Gasteiger partial charge in [-0.25, -0.2) is 13.6 Å². The van der Waals surface area contributed by atoms with Gasteiger partial charge in [-0.3, -0.25) is 4.79 Å². The van der Waals surface area contributed by atoms with Crippen LogP contribution in [0.1, 0.15) is 37.0 Å². The highest BCUT2D eigenvalue weighted by atomic mass is 79.9. The van der Waals surface area contributed by atoms with Gasteiger partial charge in [-0.1, -0.05) is 13.8 Å². The Bertz CT molecular complexity index is 585. The summed E-state index contributed by atoms with van der Waals surface area (Å²) in [6, 6.07) is 4.33. The molecule has 7 heteroatoms. The second-order valence-electron chi connectivity index (χ2n) is 4.98. The van der Waals surface area contributed by atoms with Gasteiger partial charge in [0.05, 0.1) is 4.90 Å². The van der Waals surface area contributed by atoms with Crippen molar-refractivity contribution in [1.29, 1.82) is 0 Å². The van der Waals surface area contributed by atoms with Crippen LogP contribution in [0, 0.1) is 5.92 Å². The summed E-state index contributed by atoms with van der Waals surface area (Å²) in [6.07, 6.45) is 1.92. The van der Waals surface area contributed by atoms with Crippen molar-refractivity contribution in [3.05, 3.63) is 28.2 Å². The van der Waals surface area contributed by atoms with Crippen LogP contribution < -0.4 is 10.5 Å². The maximum atomic E-state index is 11.9. The second kappa shape index (κ2) is 7.19. The molecule has 0 aromatic heterocycles. The predicted molar refractivity (Wildman–Crippen MR) is 81.9 cm³/mol. The molecule has 0 saturated carbocycles. The highest BCUT2D eigenvalue weighted by Crippen LogP contribution is 2.22. The number of halogens is 1. The molecule has 1 rings (SSSR count). The molecule has 3 N–H and O–H groups in total. The molecular formula is C13H19BrN2O3S. The van der Waals surface area contributed by atoms with Crippen LogP contribution in [0.3, 0.4) is 0 Å². The van der Waals surface area contributed by atoms with Gasteiger partial charge < -0.3 is 5.32 Å². The summed E-state index contributed by atoms with van der Waals surface area (Å²) in [5.41, 5.74) is 0.279. The Balaban J connectivity index is 2.75. The van der Waals surface area contributed by atoms with Crippen LogP contribution in [-0.4, -0.2) is 20.9 Å². The zero-order valence-electron chi connectivity index (χ0n) is 11.5. The maximum absolute atomic E-state index is 11.9. The third-order valence-corrected chi connectivity index (χ3v) is 4.65. The Morgan fingerprint density at radius 3 is 2.60 bits per heavy atom. The van der Waals surface area contributed by atoms with E-state index >= 15 is 0 Å². The lowest BCUT2D eigenvalue weighted by Crippen LogP contribution is -2.25. The number of benzene rings is 1. The molecule has 5 nitrogen and oxygen atoms in total. The zero-order chi connectivity index (χ0) is 15.3. The Morgan fingerprint density at radius 1 is 1.40 bits per heavy atom. The third kappa shape index (κ3) is 5.22. The molecule has 0 aliphatic carbocycles. The molecule has 0 aliphatic rings. The minimum absolute atomic E-state index is 0.0904. The first kappa shape index (κ1) is 17.1. The molecule has 1 amide bonds. The van der Waals surface area contributed by atoms with Crippen molar-refractivity contribution < 1.29 is 13.2 Å². The molecule has 0 heterocycles. The lowest BCUT2D eigenvalue weighted by Gasteiger charge is -2.08. The van der Waals surface area contributed by atoms with Crippen LogP contribution in [0.2, 0.25) is 0 Å². The van der Waals surface area contributed by atoms with Crippen molar-refractivity contribution in [3.8, 4) is 0 Å². The van der Waals surface area contributed by atoms with Gasteiger partial charge in [0.2, 0.25) is 10.0 Å². The van der Waals surface area contributed by atoms with E-state index < -0.39 is 10.0 Å². The molecule has 0 aliphatic heterocycles. The van der Waals surface area contributed by atoms with Crippen molar-refractivity contribution >= 4 is 31.9 Å². The molecule has 0 spiro atoms. The second-order valence-corrected chi connectivity index (χ2v) is 7.37. The molecule has 20 heavy (non-hydrogen) atoms. The van der Waals surface area contributed by atoms with E-state index in [1.165, 1.54) is 12.1 Å². The van der Waals surface area contributed by atoms with Gasteiger partial charge in [0.15, 0.2) is 0 Å². The Morgan fingerprint density at radius 2 is 2.05 bits per heavy atom. The Labute approximate surface area is 128 Å². The predicted octanol–water partition coefficient (Wildman–Crippen LogP) is 2.26.